The highest BCUT2D eigenvalue weighted by Crippen LogP contribution is 2.29. The Kier molecular flexibility index (Phi) is 5.76. The molecule has 1 aliphatic rings. The van der Waals surface area contributed by atoms with E-state index in [4.69, 9.17) is 4.74 Å². The van der Waals surface area contributed by atoms with Crippen LogP contribution in [-0.2, 0) is 6.42 Å². The van der Waals surface area contributed by atoms with Crippen molar-refractivity contribution in [3.05, 3.63) is 69.1 Å². The number of hydrogen-bond acceptors (Lipinski definition) is 4. The summed E-state index contributed by atoms with van der Waals surface area (Å²) < 4.78 is 7.90. The van der Waals surface area contributed by atoms with Crippen molar-refractivity contribution >= 4 is 40.1 Å². The lowest BCUT2D eigenvalue weighted by Gasteiger charge is -2.27. The summed E-state index contributed by atoms with van der Waals surface area (Å²) in [5.41, 5.74) is 2.93. The van der Waals surface area contributed by atoms with Gasteiger partial charge in [-0.1, -0.05) is 0 Å². The summed E-state index contributed by atoms with van der Waals surface area (Å²) in [7, 11) is 1.60. The van der Waals surface area contributed by atoms with Crippen molar-refractivity contribution in [3.63, 3.8) is 0 Å². The molecule has 7 nitrogen and oxygen atoms in total. The molecule has 1 aromatic heterocycles. The fourth-order valence-electron chi connectivity index (χ4n) is 3.56. The standard InChI is InChI=1S/C22H21IN4O3/c1-3-24-21(28)19-18-12-13-26(15-6-4-14(23)5-7-15)22(29)20(18)27(25-19)16-8-10-17(30-2)11-9-16/h4-11H,3,12-13H2,1-2H3,(H,24,28). The number of aromatic nitrogens is 2. The Morgan fingerprint density at radius 3 is 2.43 bits per heavy atom. The average Bonchev–Trinajstić information content (AvgIpc) is 3.16. The summed E-state index contributed by atoms with van der Waals surface area (Å²) in [4.78, 5) is 27.9. The number of carbonyl (C=O) groups excluding carboxylic acids is 2. The number of rotatable bonds is 5. The predicted octanol–water partition coefficient (Wildman–Crippen LogP) is 3.44. The van der Waals surface area contributed by atoms with E-state index in [2.05, 4.69) is 33.0 Å². The second-order valence-electron chi connectivity index (χ2n) is 6.83. The summed E-state index contributed by atoms with van der Waals surface area (Å²) in [5, 5.41) is 7.34. The largest absolute Gasteiger partial charge is 0.497 e. The fraction of sp³-hybridized carbons (Fsp3) is 0.227. The molecule has 0 atom stereocenters. The summed E-state index contributed by atoms with van der Waals surface area (Å²) >= 11 is 2.24. The van der Waals surface area contributed by atoms with Gasteiger partial charge in [0.05, 0.1) is 12.8 Å². The summed E-state index contributed by atoms with van der Waals surface area (Å²) in [6.07, 6.45) is 0.551. The predicted molar refractivity (Wildman–Crippen MR) is 123 cm³/mol. The Morgan fingerprint density at radius 2 is 1.80 bits per heavy atom. The molecule has 0 saturated carbocycles. The van der Waals surface area contributed by atoms with Gasteiger partial charge in [0.15, 0.2) is 5.69 Å². The second-order valence-corrected chi connectivity index (χ2v) is 8.07. The molecule has 30 heavy (non-hydrogen) atoms. The molecule has 0 fully saturated rings. The van der Waals surface area contributed by atoms with Gasteiger partial charge in [-0.05, 0) is 84.5 Å². The molecule has 0 unspecified atom stereocenters. The average molecular weight is 516 g/mol. The third-order valence-electron chi connectivity index (χ3n) is 5.02. The van der Waals surface area contributed by atoms with Crippen molar-refractivity contribution < 1.29 is 14.3 Å². The maximum Gasteiger partial charge on any atom is 0.277 e. The van der Waals surface area contributed by atoms with E-state index in [0.717, 1.165) is 9.26 Å². The first kappa shape index (κ1) is 20.4. The van der Waals surface area contributed by atoms with Crippen LogP contribution >= 0.6 is 22.6 Å². The highest BCUT2D eigenvalue weighted by molar-refractivity contribution is 14.1. The van der Waals surface area contributed by atoms with Crippen LogP contribution in [-0.4, -0.2) is 41.8 Å². The van der Waals surface area contributed by atoms with Crippen molar-refractivity contribution in [2.75, 3.05) is 25.1 Å². The van der Waals surface area contributed by atoms with Gasteiger partial charge in [0.1, 0.15) is 11.4 Å². The van der Waals surface area contributed by atoms with E-state index in [-0.39, 0.29) is 11.8 Å². The van der Waals surface area contributed by atoms with Gasteiger partial charge in [0, 0.05) is 27.9 Å². The highest BCUT2D eigenvalue weighted by atomic mass is 127. The molecule has 0 bridgehead atoms. The molecule has 1 N–H and O–H groups in total. The van der Waals surface area contributed by atoms with Gasteiger partial charge in [-0.25, -0.2) is 4.68 Å². The zero-order chi connectivity index (χ0) is 21.3. The third kappa shape index (κ3) is 3.67. The number of carbonyl (C=O) groups is 2. The lowest BCUT2D eigenvalue weighted by molar-refractivity contribution is 0.0949. The molecule has 0 radical (unpaired) electrons. The van der Waals surface area contributed by atoms with Crippen LogP contribution < -0.4 is 15.0 Å². The van der Waals surface area contributed by atoms with E-state index in [0.29, 0.717) is 47.9 Å². The van der Waals surface area contributed by atoms with E-state index in [1.54, 1.807) is 28.8 Å². The molecular weight excluding hydrogens is 495 g/mol. The number of hydrogen-bond donors (Lipinski definition) is 1. The highest BCUT2D eigenvalue weighted by Gasteiger charge is 2.34. The summed E-state index contributed by atoms with van der Waals surface area (Å²) in [6.45, 7) is 2.84. The molecule has 0 aliphatic carbocycles. The summed E-state index contributed by atoms with van der Waals surface area (Å²) in [6, 6.07) is 15.1. The Hall–Kier alpha value is -2.88. The van der Waals surface area contributed by atoms with Crippen molar-refractivity contribution in [2.45, 2.75) is 13.3 Å². The molecule has 2 aromatic carbocycles. The van der Waals surface area contributed by atoms with Crippen molar-refractivity contribution in [1.82, 2.24) is 15.1 Å². The molecule has 1 aliphatic heterocycles. The van der Waals surface area contributed by atoms with Gasteiger partial charge in [-0.3, -0.25) is 9.59 Å². The van der Waals surface area contributed by atoms with Crippen molar-refractivity contribution in [3.8, 4) is 11.4 Å². The van der Waals surface area contributed by atoms with E-state index >= 15 is 0 Å². The molecule has 2 heterocycles. The fourth-order valence-corrected chi connectivity index (χ4v) is 3.92. The zero-order valence-electron chi connectivity index (χ0n) is 16.7. The maximum atomic E-state index is 13.5. The number of ether oxygens (including phenoxy) is 1. The van der Waals surface area contributed by atoms with Crippen LogP contribution in [0.2, 0.25) is 0 Å². The quantitative estimate of drug-likeness (QED) is 0.528. The second kappa shape index (κ2) is 8.47. The Morgan fingerprint density at radius 1 is 1.13 bits per heavy atom. The molecule has 0 saturated heterocycles. The lowest BCUT2D eigenvalue weighted by Crippen LogP contribution is -2.39. The molecule has 8 heteroatoms. The molecule has 4 rings (SSSR count). The van der Waals surface area contributed by atoms with Crippen LogP contribution in [0.3, 0.4) is 0 Å². The Bertz CT molecular complexity index is 1090. The number of nitrogens with one attached hydrogen (secondary N) is 1. The van der Waals surface area contributed by atoms with Crippen LogP contribution in [0.15, 0.2) is 48.5 Å². The van der Waals surface area contributed by atoms with E-state index in [1.807, 2.05) is 43.3 Å². The minimum Gasteiger partial charge on any atom is -0.497 e. The number of anilines is 1. The third-order valence-corrected chi connectivity index (χ3v) is 5.74. The van der Waals surface area contributed by atoms with E-state index in [1.165, 1.54) is 0 Å². The minimum atomic E-state index is -0.267. The van der Waals surface area contributed by atoms with Gasteiger partial charge in [-0.15, -0.1) is 0 Å². The smallest absolute Gasteiger partial charge is 0.277 e. The van der Waals surface area contributed by atoms with Crippen LogP contribution in [0.1, 0.15) is 33.5 Å². The number of methoxy groups -OCH3 is 1. The van der Waals surface area contributed by atoms with E-state index < -0.39 is 0 Å². The topological polar surface area (TPSA) is 76.5 Å². The Balaban J connectivity index is 1.82. The number of fused-ring (bicyclic) bond motifs is 1. The number of amides is 2. The molecule has 154 valence electrons. The normalized spacial score (nSPS) is 13.2. The first-order valence-corrected chi connectivity index (χ1v) is 10.7. The molecule has 0 spiro atoms. The van der Waals surface area contributed by atoms with Gasteiger partial charge in [-0.2, -0.15) is 5.10 Å². The van der Waals surface area contributed by atoms with Crippen molar-refractivity contribution in [2.24, 2.45) is 0 Å². The van der Waals surface area contributed by atoms with E-state index in [9.17, 15) is 9.59 Å². The minimum absolute atomic E-state index is 0.170. The molecule has 2 amide bonds. The van der Waals surface area contributed by atoms with Crippen LogP contribution in [0.4, 0.5) is 5.69 Å². The zero-order valence-corrected chi connectivity index (χ0v) is 18.8. The van der Waals surface area contributed by atoms with Crippen molar-refractivity contribution in [1.29, 1.82) is 0 Å². The lowest BCUT2D eigenvalue weighted by atomic mass is 10.0. The number of halogens is 1. The Labute approximate surface area is 188 Å². The van der Waals surface area contributed by atoms with Crippen LogP contribution in [0, 0.1) is 3.57 Å². The first-order valence-electron chi connectivity index (χ1n) is 9.65. The SMILES string of the molecule is CCNC(=O)c1nn(-c2ccc(OC)cc2)c2c1CCN(c1ccc(I)cc1)C2=O. The van der Waals surface area contributed by atoms with Gasteiger partial charge >= 0.3 is 0 Å². The summed E-state index contributed by atoms with van der Waals surface area (Å²) in [5.74, 6) is 0.267. The first-order chi connectivity index (χ1) is 14.5. The number of nitrogens with zero attached hydrogens (tertiary/aromatic N) is 3. The maximum absolute atomic E-state index is 13.5. The van der Waals surface area contributed by atoms with Gasteiger partial charge in [0.2, 0.25) is 0 Å². The van der Waals surface area contributed by atoms with Crippen LogP contribution in [0.5, 0.6) is 5.75 Å². The van der Waals surface area contributed by atoms with Gasteiger partial charge < -0.3 is 15.0 Å². The van der Waals surface area contributed by atoms with Crippen LogP contribution in [0.25, 0.3) is 5.69 Å². The number of benzene rings is 2. The monoisotopic (exact) mass is 516 g/mol. The molecule has 3 aromatic rings. The van der Waals surface area contributed by atoms with Gasteiger partial charge in [0.25, 0.3) is 11.8 Å². The molecular formula is C22H21IN4O3.